The van der Waals surface area contributed by atoms with Gasteiger partial charge in [0.25, 0.3) is 0 Å². The first-order valence-electron chi connectivity index (χ1n) is 8.13. The molecule has 0 bridgehead atoms. The summed E-state index contributed by atoms with van der Waals surface area (Å²) in [6.45, 7) is 5.50. The van der Waals surface area contributed by atoms with E-state index in [0.717, 1.165) is 0 Å². The Morgan fingerprint density at radius 1 is 1.00 bits per heavy atom. The van der Waals surface area contributed by atoms with E-state index < -0.39 is 47.6 Å². The molecule has 26 heavy (non-hydrogen) atoms. The van der Waals surface area contributed by atoms with E-state index in [4.69, 9.17) is 23.7 Å². The van der Waals surface area contributed by atoms with Gasteiger partial charge in [-0.1, -0.05) is 0 Å². The highest BCUT2D eigenvalue weighted by Crippen LogP contribution is 2.32. The molecule has 0 spiro atoms. The fourth-order valence-corrected chi connectivity index (χ4v) is 3.52. The molecular formula is C16H24O9S. The predicted octanol–water partition coefficient (Wildman–Crippen LogP) is 0.824. The third-order valence-electron chi connectivity index (χ3n) is 3.26. The second-order valence-corrected chi connectivity index (χ2v) is 6.71. The fourth-order valence-electron chi connectivity index (χ4n) is 2.37. The molecule has 4 atom stereocenters. The van der Waals surface area contributed by atoms with Crippen molar-refractivity contribution in [1.82, 2.24) is 0 Å². The number of rotatable bonds is 8. The number of carbonyl (C=O) groups is 4. The standard InChI is InChI=1S/C16H24O9S/c1-5-21-14(20)8-26-13-6-15(23-10(3)18)25-12(7-22-9(2)17)16(13)24-11(4)19/h12-13,15-16H,5-8H2,1-4H3/t12-,13-,15+,16-/m1/s1. The van der Waals surface area contributed by atoms with Gasteiger partial charge in [-0.05, 0) is 6.92 Å². The van der Waals surface area contributed by atoms with Crippen LogP contribution in [0.4, 0.5) is 0 Å². The quantitative estimate of drug-likeness (QED) is 0.434. The molecule has 0 saturated carbocycles. The zero-order chi connectivity index (χ0) is 19.7. The Balaban J connectivity index is 2.91. The molecule has 1 rings (SSSR count). The second-order valence-electron chi connectivity index (χ2n) is 5.48. The maximum atomic E-state index is 11.6. The van der Waals surface area contributed by atoms with Crippen LogP contribution in [-0.4, -0.2) is 66.6 Å². The van der Waals surface area contributed by atoms with Gasteiger partial charge in [-0.3, -0.25) is 19.2 Å². The van der Waals surface area contributed by atoms with Crippen molar-refractivity contribution in [3.05, 3.63) is 0 Å². The summed E-state index contributed by atoms with van der Waals surface area (Å²) in [6.07, 6.45) is -2.31. The molecular weight excluding hydrogens is 368 g/mol. The zero-order valence-corrected chi connectivity index (χ0v) is 16.0. The summed E-state index contributed by atoms with van der Waals surface area (Å²) in [7, 11) is 0. The molecule has 1 heterocycles. The summed E-state index contributed by atoms with van der Waals surface area (Å²) in [5.74, 6) is -1.99. The monoisotopic (exact) mass is 392 g/mol. The molecule has 0 aromatic heterocycles. The molecule has 0 aromatic carbocycles. The summed E-state index contributed by atoms with van der Waals surface area (Å²) in [5.41, 5.74) is 0. The molecule has 9 nitrogen and oxygen atoms in total. The summed E-state index contributed by atoms with van der Waals surface area (Å²) in [5, 5.41) is -0.415. The SMILES string of the molecule is CCOC(=O)CS[C@@H]1C[C@@H](OC(C)=O)O[C@H](COC(C)=O)[C@H]1OC(C)=O. The van der Waals surface area contributed by atoms with E-state index in [1.165, 1.54) is 32.5 Å². The van der Waals surface area contributed by atoms with Crippen LogP contribution in [-0.2, 0) is 42.9 Å². The fraction of sp³-hybridized carbons (Fsp3) is 0.750. The van der Waals surface area contributed by atoms with E-state index in [-0.39, 0.29) is 25.4 Å². The third-order valence-corrected chi connectivity index (χ3v) is 4.55. The highest BCUT2D eigenvalue weighted by Gasteiger charge is 2.43. The maximum absolute atomic E-state index is 11.6. The van der Waals surface area contributed by atoms with E-state index >= 15 is 0 Å². The van der Waals surface area contributed by atoms with Crippen LogP contribution in [0.3, 0.4) is 0 Å². The molecule has 10 heteroatoms. The number of carbonyl (C=O) groups excluding carboxylic acids is 4. The number of hydrogen-bond acceptors (Lipinski definition) is 10. The van der Waals surface area contributed by atoms with Gasteiger partial charge in [-0.15, -0.1) is 11.8 Å². The van der Waals surface area contributed by atoms with Crippen LogP contribution in [0.2, 0.25) is 0 Å². The van der Waals surface area contributed by atoms with Gasteiger partial charge in [0, 0.05) is 27.2 Å². The lowest BCUT2D eigenvalue weighted by atomic mass is 10.0. The highest BCUT2D eigenvalue weighted by atomic mass is 32.2. The second kappa shape index (κ2) is 11.0. The van der Waals surface area contributed by atoms with Crippen LogP contribution in [0.1, 0.15) is 34.1 Å². The van der Waals surface area contributed by atoms with E-state index in [9.17, 15) is 19.2 Å². The Kier molecular flexibility index (Phi) is 9.42. The lowest BCUT2D eigenvalue weighted by molar-refractivity contribution is -0.232. The first-order valence-corrected chi connectivity index (χ1v) is 9.18. The van der Waals surface area contributed by atoms with Gasteiger partial charge in [-0.2, -0.15) is 0 Å². The average molecular weight is 392 g/mol. The lowest BCUT2D eigenvalue weighted by Crippen LogP contribution is -2.52. The smallest absolute Gasteiger partial charge is 0.315 e. The van der Waals surface area contributed by atoms with Gasteiger partial charge in [0.05, 0.1) is 17.6 Å². The van der Waals surface area contributed by atoms with Crippen molar-refractivity contribution in [2.24, 2.45) is 0 Å². The van der Waals surface area contributed by atoms with Gasteiger partial charge in [0.2, 0.25) is 6.29 Å². The molecule has 1 fully saturated rings. The molecule has 0 amide bonds. The van der Waals surface area contributed by atoms with E-state index in [2.05, 4.69) is 0 Å². The zero-order valence-electron chi connectivity index (χ0n) is 15.2. The van der Waals surface area contributed by atoms with Gasteiger partial charge < -0.3 is 23.7 Å². The Morgan fingerprint density at radius 2 is 1.65 bits per heavy atom. The minimum Gasteiger partial charge on any atom is -0.465 e. The topological polar surface area (TPSA) is 114 Å². The van der Waals surface area contributed by atoms with Crippen molar-refractivity contribution in [1.29, 1.82) is 0 Å². The van der Waals surface area contributed by atoms with Crippen molar-refractivity contribution < 1.29 is 42.9 Å². The molecule has 1 aliphatic heterocycles. The summed E-state index contributed by atoms with van der Waals surface area (Å²) in [4.78, 5) is 45.5. The lowest BCUT2D eigenvalue weighted by Gasteiger charge is -2.39. The summed E-state index contributed by atoms with van der Waals surface area (Å²) >= 11 is 1.20. The Bertz CT molecular complexity index is 522. The van der Waals surface area contributed by atoms with Gasteiger partial charge in [-0.25, -0.2) is 0 Å². The number of ether oxygens (including phenoxy) is 5. The molecule has 0 aromatic rings. The molecule has 0 N–H and O–H groups in total. The number of thioether (sulfide) groups is 1. The molecule has 1 saturated heterocycles. The van der Waals surface area contributed by atoms with Crippen LogP contribution < -0.4 is 0 Å². The van der Waals surface area contributed by atoms with Gasteiger partial charge >= 0.3 is 23.9 Å². The first-order chi connectivity index (χ1) is 12.2. The maximum Gasteiger partial charge on any atom is 0.315 e. The molecule has 1 aliphatic rings. The van der Waals surface area contributed by atoms with Crippen molar-refractivity contribution in [2.75, 3.05) is 19.0 Å². The van der Waals surface area contributed by atoms with Crippen LogP contribution in [0.5, 0.6) is 0 Å². The van der Waals surface area contributed by atoms with Crippen LogP contribution >= 0.6 is 11.8 Å². The Hall–Kier alpha value is -1.81. The average Bonchev–Trinajstić information content (AvgIpc) is 2.52. The summed E-state index contributed by atoms with van der Waals surface area (Å²) in [6, 6.07) is 0. The minimum absolute atomic E-state index is 0.0311. The molecule has 0 radical (unpaired) electrons. The Morgan fingerprint density at radius 3 is 2.19 bits per heavy atom. The number of esters is 4. The predicted molar refractivity (Wildman–Crippen MR) is 90.1 cm³/mol. The van der Waals surface area contributed by atoms with Crippen molar-refractivity contribution in [3.8, 4) is 0 Å². The van der Waals surface area contributed by atoms with Gasteiger partial charge in [0.1, 0.15) is 18.8 Å². The normalized spacial score (nSPS) is 25.1. The van der Waals surface area contributed by atoms with E-state index in [1.807, 2.05) is 0 Å². The highest BCUT2D eigenvalue weighted by molar-refractivity contribution is 8.00. The summed E-state index contributed by atoms with van der Waals surface area (Å²) < 4.78 is 25.9. The molecule has 0 aliphatic carbocycles. The Labute approximate surface area is 156 Å². The van der Waals surface area contributed by atoms with Crippen molar-refractivity contribution >= 4 is 35.6 Å². The van der Waals surface area contributed by atoms with Crippen LogP contribution in [0, 0.1) is 0 Å². The van der Waals surface area contributed by atoms with E-state index in [1.54, 1.807) is 6.92 Å². The first kappa shape index (κ1) is 22.2. The number of hydrogen-bond donors (Lipinski definition) is 0. The largest absolute Gasteiger partial charge is 0.465 e. The van der Waals surface area contributed by atoms with E-state index in [0.29, 0.717) is 0 Å². The van der Waals surface area contributed by atoms with Crippen molar-refractivity contribution in [2.45, 2.75) is 57.9 Å². The molecule has 0 unspecified atom stereocenters. The van der Waals surface area contributed by atoms with Crippen LogP contribution in [0.25, 0.3) is 0 Å². The molecule has 148 valence electrons. The van der Waals surface area contributed by atoms with Crippen LogP contribution in [0.15, 0.2) is 0 Å². The van der Waals surface area contributed by atoms with Gasteiger partial charge in [0.15, 0.2) is 0 Å². The minimum atomic E-state index is -0.903. The third kappa shape index (κ3) is 8.05. The van der Waals surface area contributed by atoms with Crippen molar-refractivity contribution in [3.63, 3.8) is 0 Å².